The predicted octanol–water partition coefficient (Wildman–Crippen LogP) is 3.93. The molecule has 0 radical (unpaired) electrons. The van der Waals surface area contributed by atoms with Crippen molar-refractivity contribution in [2.45, 2.75) is 18.0 Å². The van der Waals surface area contributed by atoms with E-state index in [1.807, 2.05) is 0 Å². The molecule has 0 unspecified atom stereocenters. The van der Waals surface area contributed by atoms with Gasteiger partial charge in [-0.3, -0.25) is 0 Å². The van der Waals surface area contributed by atoms with Crippen molar-refractivity contribution in [3.05, 3.63) is 29.1 Å². The maximum atomic E-state index is 13.3. The van der Waals surface area contributed by atoms with Crippen molar-refractivity contribution >= 4 is 0 Å². The first-order valence-corrected chi connectivity index (χ1v) is 4.28. The highest BCUT2D eigenvalue weighted by Crippen LogP contribution is 2.54. The van der Waals surface area contributed by atoms with Crippen molar-refractivity contribution in [1.82, 2.24) is 4.98 Å². The van der Waals surface area contributed by atoms with Crippen molar-refractivity contribution in [2.24, 2.45) is 0 Å². The molecule has 20 heavy (non-hydrogen) atoms. The van der Waals surface area contributed by atoms with Gasteiger partial charge in [-0.25, -0.2) is 13.2 Å². The molecule has 1 aromatic rings. The molecule has 1 heterocycles. The van der Waals surface area contributed by atoms with Crippen LogP contribution in [0.2, 0.25) is 0 Å². The van der Waals surface area contributed by atoms with E-state index >= 15 is 0 Å². The lowest BCUT2D eigenvalue weighted by Gasteiger charge is -2.30. The van der Waals surface area contributed by atoms with E-state index in [0.717, 1.165) is 0 Å². The first-order valence-electron chi connectivity index (χ1n) is 4.28. The Bertz CT molecular complexity index is 488. The summed E-state index contributed by atoms with van der Waals surface area (Å²) in [6.07, 6.45) is -13.8. The van der Waals surface area contributed by atoms with Gasteiger partial charge in [0.05, 0.1) is 5.56 Å². The summed E-state index contributed by atoms with van der Waals surface area (Å²) < 4.78 is 138. The van der Waals surface area contributed by atoms with E-state index in [0.29, 0.717) is 0 Å². The maximum absolute atomic E-state index is 13.3. The van der Waals surface area contributed by atoms with Gasteiger partial charge in [0, 0.05) is 0 Å². The van der Waals surface area contributed by atoms with Crippen LogP contribution in [0.4, 0.5) is 48.3 Å². The van der Waals surface area contributed by atoms with Crippen molar-refractivity contribution < 1.29 is 48.3 Å². The van der Waals surface area contributed by atoms with E-state index in [1.165, 1.54) is 0 Å². The van der Waals surface area contributed by atoms with Crippen molar-refractivity contribution in [2.75, 3.05) is 0 Å². The molecule has 114 valence electrons. The molecule has 0 aliphatic rings. The predicted molar refractivity (Wildman–Crippen MR) is 39.0 cm³/mol. The van der Waals surface area contributed by atoms with Crippen LogP contribution in [0.3, 0.4) is 0 Å². The van der Waals surface area contributed by atoms with E-state index in [4.69, 9.17) is 0 Å². The van der Waals surface area contributed by atoms with Crippen LogP contribution in [0.1, 0.15) is 5.56 Å². The molecule has 0 aliphatic carbocycles. The Hall–Kier alpha value is -1.62. The molecule has 1 aromatic heterocycles. The van der Waals surface area contributed by atoms with E-state index in [-0.39, 0.29) is 0 Å². The van der Waals surface area contributed by atoms with E-state index in [2.05, 4.69) is 0 Å². The first kappa shape index (κ1) is 16.4. The Kier molecular flexibility index (Phi) is 3.65. The third kappa shape index (κ3) is 2.16. The van der Waals surface area contributed by atoms with Gasteiger partial charge in [0.1, 0.15) is 0 Å². The number of hydrogen-bond acceptors (Lipinski definition) is 1. The van der Waals surface area contributed by atoms with Gasteiger partial charge in [0.15, 0.2) is 11.6 Å². The van der Waals surface area contributed by atoms with Crippen LogP contribution in [0.5, 0.6) is 0 Å². The molecule has 0 saturated carbocycles. The largest absolute Gasteiger partial charge is 0.436 e. The molecule has 0 amide bonds. The van der Waals surface area contributed by atoms with Gasteiger partial charge in [-0.2, -0.15) is 40.1 Å². The highest BCUT2D eigenvalue weighted by atomic mass is 19.4. The Morgan fingerprint density at radius 2 is 0.900 bits per heavy atom. The molecule has 0 spiro atoms. The normalized spacial score (nSPS) is 13.8. The van der Waals surface area contributed by atoms with Crippen LogP contribution in [-0.2, 0) is 5.67 Å². The standard InChI is InChI=1S/C8F11N/c9-2-1(3(10)5(12)20-4(2)11)6(13,7(14,15)16)8(17,18)19. The summed E-state index contributed by atoms with van der Waals surface area (Å²) in [4.78, 5) is 1.73. The molecule has 1 rings (SSSR count). The number of rotatable bonds is 1. The molecule has 0 aliphatic heterocycles. The molecular formula is C8F11N. The lowest BCUT2D eigenvalue weighted by Crippen LogP contribution is -2.51. The quantitative estimate of drug-likeness (QED) is 0.565. The van der Waals surface area contributed by atoms with Gasteiger partial charge in [0.2, 0.25) is 0 Å². The minimum atomic E-state index is -6.92. The highest BCUT2D eigenvalue weighted by molar-refractivity contribution is 5.29. The lowest BCUT2D eigenvalue weighted by molar-refractivity contribution is -0.350. The summed E-state index contributed by atoms with van der Waals surface area (Å²) in [5, 5.41) is 0. The van der Waals surface area contributed by atoms with Gasteiger partial charge in [-0.1, -0.05) is 0 Å². The Morgan fingerprint density at radius 3 is 1.15 bits per heavy atom. The number of nitrogens with zero attached hydrogens (tertiary/aromatic N) is 1. The van der Waals surface area contributed by atoms with Crippen LogP contribution in [0.25, 0.3) is 0 Å². The van der Waals surface area contributed by atoms with Crippen molar-refractivity contribution in [3.63, 3.8) is 0 Å². The monoisotopic (exact) mass is 319 g/mol. The highest BCUT2D eigenvalue weighted by Gasteiger charge is 2.75. The first-order chi connectivity index (χ1) is 8.75. The molecule has 12 heteroatoms. The lowest BCUT2D eigenvalue weighted by atomic mass is 9.94. The second kappa shape index (κ2) is 4.45. The number of halogens is 11. The van der Waals surface area contributed by atoms with Crippen molar-refractivity contribution in [1.29, 1.82) is 0 Å². The van der Waals surface area contributed by atoms with Gasteiger partial charge in [0.25, 0.3) is 11.9 Å². The Morgan fingerprint density at radius 1 is 0.600 bits per heavy atom. The smallest absolute Gasteiger partial charge is 0.218 e. The third-order valence-corrected chi connectivity index (χ3v) is 2.12. The summed E-state index contributed by atoms with van der Waals surface area (Å²) in [7, 11) is 0. The molecule has 0 fully saturated rings. The second-order valence-electron chi connectivity index (χ2n) is 3.35. The summed E-state index contributed by atoms with van der Waals surface area (Å²) in [5.41, 5.74) is -10.1. The summed E-state index contributed by atoms with van der Waals surface area (Å²) in [6.45, 7) is 0. The Balaban J connectivity index is 3.87. The Labute approximate surface area is 102 Å². The number of hydrogen-bond donors (Lipinski definition) is 0. The van der Waals surface area contributed by atoms with Gasteiger partial charge in [-0.15, -0.1) is 0 Å². The van der Waals surface area contributed by atoms with Gasteiger partial charge >= 0.3 is 18.0 Å². The van der Waals surface area contributed by atoms with Crippen LogP contribution in [0.15, 0.2) is 0 Å². The van der Waals surface area contributed by atoms with E-state index in [1.54, 1.807) is 4.98 Å². The minimum Gasteiger partial charge on any atom is -0.218 e. The molecular weight excluding hydrogens is 319 g/mol. The molecule has 0 saturated heterocycles. The van der Waals surface area contributed by atoms with Gasteiger partial charge in [-0.05, 0) is 0 Å². The van der Waals surface area contributed by atoms with Crippen LogP contribution < -0.4 is 0 Å². The van der Waals surface area contributed by atoms with Crippen LogP contribution in [0, 0.1) is 23.5 Å². The molecule has 0 aromatic carbocycles. The van der Waals surface area contributed by atoms with Crippen LogP contribution in [-0.4, -0.2) is 17.3 Å². The average molecular weight is 319 g/mol. The summed E-state index contributed by atoms with van der Waals surface area (Å²) >= 11 is 0. The molecule has 0 atom stereocenters. The number of alkyl halides is 7. The minimum absolute atomic E-state index is 1.73. The fourth-order valence-corrected chi connectivity index (χ4v) is 1.23. The third-order valence-electron chi connectivity index (χ3n) is 2.12. The maximum Gasteiger partial charge on any atom is 0.436 e. The van der Waals surface area contributed by atoms with Crippen molar-refractivity contribution in [3.8, 4) is 0 Å². The average Bonchev–Trinajstić information content (AvgIpc) is 2.23. The molecule has 0 bridgehead atoms. The second-order valence-corrected chi connectivity index (χ2v) is 3.35. The SMILES string of the molecule is Fc1nc(F)c(F)c(C(F)(C(F)(F)F)C(F)(F)F)c1F. The van der Waals surface area contributed by atoms with Gasteiger partial charge < -0.3 is 0 Å². The van der Waals surface area contributed by atoms with E-state index in [9.17, 15) is 48.3 Å². The van der Waals surface area contributed by atoms with E-state index < -0.39 is 47.1 Å². The molecule has 1 nitrogen and oxygen atoms in total. The zero-order valence-corrected chi connectivity index (χ0v) is 8.60. The zero-order valence-electron chi connectivity index (χ0n) is 8.60. The summed E-state index contributed by atoms with van der Waals surface area (Å²) in [5.74, 6) is -12.2. The topological polar surface area (TPSA) is 12.9 Å². The number of pyridine rings is 1. The zero-order chi connectivity index (χ0) is 16.1. The summed E-state index contributed by atoms with van der Waals surface area (Å²) in [6, 6.07) is 0. The molecule has 0 N–H and O–H groups in total. The fraction of sp³-hybridized carbons (Fsp3) is 0.375. The number of aromatic nitrogens is 1. The van der Waals surface area contributed by atoms with Crippen LogP contribution >= 0.6 is 0 Å². The fourth-order valence-electron chi connectivity index (χ4n) is 1.23.